The van der Waals surface area contributed by atoms with Gasteiger partial charge in [0.1, 0.15) is 17.3 Å². The number of aliphatic carboxylic acids is 1. The number of ether oxygens (including phenoxy) is 1. The van der Waals surface area contributed by atoms with Crippen LogP contribution < -0.4 is 10.6 Å². The number of fused-ring (bicyclic) bond motifs is 3. The minimum absolute atomic E-state index is 0.0134. The normalized spacial score (nSPS) is 18.0. The molecule has 1 aromatic heterocycles. The monoisotopic (exact) mass is 477 g/mol. The molecule has 3 aromatic rings. The number of thiazole rings is 1. The van der Waals surface area contributed by atoms with Gasteiger partial charge in [-0.2, -0.15) is 0 Å². The second-order valence-corrected chi connectivity index (χ2v) is 9.40. The minimum atomic E-state index is -0.825. The van der Waals surface area contributed by atoms with Crippen molar-refractivity contribution in [2.24, 2.45) is 11.8 Å². The van der Waals surface area contributed by atoms with E-state index in [4.69, 9.17) is 9.84 Å². The number of nitrogens with zero attached hydrogens (tertiary/aromatic N) is 1. The predicted octanol–water partition coefficient (Wildman–Crippen LogP) is 3.63. The van der Waals surface area contributed by atoms with Crippen LogP contribution in [-0.4, -0.2) is 41.2 Å². The first-order valence-corrected chi connectivity index (χ1v) is 11.9. The Kier molecular flexibility index (Phi) is 6.02. The first-order chi connectivity index (χ1) is 16.5. The molecule has 0 spiro atoms. The summed E-state index contributed by atoms with van der Waals surface area (Å²) in [5, 5.41) is 16.5. The maximum Gasteiger partial charge on any atom is 0.407 e. The average molecular weight is 478 g/mol. The fourth-order valence-corrected chi connectivity index (χ4v) is 5.10. The highest BCUT2D eigenvalue weighted by molar-refractivity contribution is 7.09. The molecule has 34 heavy (non-hydrogen) atoms. The molecule has 2 unspecified atom stereocenters. The molecule has 1 saturated carbocycles. The molecule has 0 saturated heterocycles. The van der Waals surface area contributed by atoms with Crippen LogP contribution in [0.3, 0.4) is 0 Å². The third-order valence-corrected chi connectivity index (χ3v) is 7.13. The van der Waals surface area contributed by atoms with Gasteiger partial charge in [-0.05, 0) is 34.6 Å². The van der Waals surface area contributed by atoms with Gasteiger partial charge in [0, 0.05) is 17.8 Å². The number of carbonyl (C=O) groups excluding carboxylic acids is 2. The molecule has 0 radical (unpaired) electrons. The first-order valence-electron chi connectivity index (χ1n) is 11.1. The van der Waals surface area contributed by atoms with Crippen molar-refractivity contribution in [2.75, 3.05) is 13.2 Å². The Hall–Kier alpha value is -3.72. The lowest BCUT2D eigenvalue weighted by atomic mass is 9.98. The molecule has 5 rings (SSSR count). The number of carboxylic acids is 1. The van der Waals surface area contributed by atoms with Crippen LogP contribution in [0.25, 0.3) is 11.1 Å². The molecule has 2 aliphatic rings. The van der Waals surface area contributed by atoms with Gasteiger partial charge < -0.3 is 20.5 Å². The average Bonchev–Trinajstić information content (AvgIpc) is 3.36. The summed E-state index contributed by atoms with van der Waals surface area (Å²) < 4.78 is 5.52. The zero-order chi connectivity index (χ0) is 23.7. The van der Waals surface area contributed by atoms with E-state index < -0.39 is 12.1 Å². The van der Waals surface area contributed by atoms with E-state index >= 15 is 0 Å². The fourth-order valence-electron chi connectivity index (χ4n) is 4.38. The molecule has 2 aliphatic carbocycles. The Balaban J connectivity index is 1.11. The van der Waals surface area contributed by atoms with Crippen LogP contribution in [-0.2, 0) is 16.1 Å². The maximum absolute atomic E-state index is 12.3. The van der Waals surface area contributed by atoms with Crippen molar-refractivity contribution in [1.29, 1.82) is 0 Å². The third-order valence-electron chi connectivity index (χ3n) is 6.28. The molecule has 3 N–H and O–H groups in total. The molecule has 1 fully saturated rings. The molecule has 2 aromatic carbocycles. The van der Waals surface area contributed by atoms with E-state index in [0.717, 1.165) is 11.1 Å². The van der Waals surface area contributed by atoms with E-state index in [0.29, 0.717) is 18.0 Å². The van der Waals surface area contributed by atoms with Gasteiger partial charge in [-0.15, -0.1) is 11.3 Å². The number of rotatable bonds is 8. The molecule has 0 bridgehead atoms. The maximum atomic E-state index is 12.3. The number of hydrogen-bond acceptors (Lipinski definition) is 6. The highest BCUT2D eigenvalue weighted by Gasteiger charge is 2.43. The van der Waals surface area contributed by atoms with Crippen molar-refractivity contribution in [1.82, 2.24) is 15.6 Å². The van der Waals surface area contributed by atoms with Crippen LogP contribution >= 0.6 is 11.3 Å². The number of aromatic nitrogens is 1. The van der Waals surface area contributed by atoms with Gasteiger partial charge in [-0.1, -0.05) is 48.5 Å². The van der Waals surface area contributed by atoms with Crippen molar-refractivity contribution in [3.63, 3.8) is 0 Å². The van der Waals surface area contributed by atoms with E-state index in [1.807, 2.05) is 24.3 Å². The summed E-state index contributed by atoms with van der Waals surface area (Å²) in [5.41, 5.74) is 4.88. The van der Waals surface area contributed by atoms with Gasteiger partial charge >= 0.3 is 12.1 Å². The van der Waals surface area contributed by atoms with Gasteiger partial charge in [0.15, 0.2) is 0 Å². The molecule has 2 atom stereocenters. The Morgan fingerprint density at radius 3 is 2.35 bits per heavy atom. The van der Waals surface area contributed by atoms with Crippen molar-refractivity contribution in [3.8, 4) is 11.1 Å². The van der Waals surface area contributed by atoms with Crippen LogP contribution in [0.1, 0.15) is 39.0 Å². The van der Waals surface area contributed by atoms with Gasteiger partial charge in [0.2, 0.25) is 0 Å². The van der Waals surface area contributed by atoms with Gasteiger partial charge in [-0.3, -0.25) is 9.59 Å². The van der Waals surface area contributed by atoms with E-state index in [9.17, 15) is 14.4 Å². The van der Waals surface area contributed by atoms with Crippen molar-refractivity contribution >= 4 is 29.3 Å². The van der Waals surface area contributed by atoms with Gasteiger partial charge in [0.25, 0.3) is 5.91 Å². The number of alkyl carbamates (subject to hydrolysis) is 1. The lowest BCUT2D eigenvalue weighted by Crippen LogP contribution is -2.27. The molecule has 0 aliphatic heterocycles. The number of nitrogens with one attached hydrogen (secondary N) is 2. The third kappa shape index (κ3) is 4.51. The number of carboxylic acid groups (broad SMARTS) is 1. The van der Waals surface area contributed by atoms with Crippen LogP contribution in [0.2, 0.25) is 0 Å². The summed E-state index contributed by atoms with van der Waals surface area (Å²) in [6.07, 6.45) is 0.0404. The fraction of sp³-hybridized carbons (Fsp3) is 0.280. The van der Waals surface area contributed by atoms with Gasteiger partial charge in [-0.25, -0.2) is 9.78 Å². The Bertz CT molecular complexity index is 1210. The van der Waals surface area contributed by atoms with Crippen molar-refractivity contribution in [2.45, 2.75) is 18.9 Å². The molecule has 2 amide bonds. The number of amides is 2. The Labute approximate surface area is 200 Å². The second kappa shape index (κ2) is 9.26. The molecular weight excluding hydrogens is 454 g/mol. The molecule has 174 valence electrons. The van der Waals surface area contributed by atoms with Gasteiger partial charge in [0.05, 0.1) is 12.5 Å². The van der Waals surface area contributed by atoms with Crippen molar-refractivity contribution < 1.29 is 24.2 Å². The largest absolute Gasteiger partial charge is 0.481 e. The predicted molar refractivity (Wildman–Crippen MR) is 126 cm³/mol. The molecule has 8 nitrogen and oxygen atoms in total. The summed E-state index contributed by atoms with van der Waals surface area (Å²) in [4.78, 5) is 39.7. The van der Waals surface area contributed by atoms with E-state index in [1.54, 1.807) is 5.38 Å². The molecule has 9 heteroatoms. The second-order valence-electron chi connectivity index (χ2n) is 8.46. The molecule has 1 heterocycles. The smallest absolute Gasteiger partial charge is 0.407 e. The lowest BCUT2D eigenvalue weighted by molar-refractivity contribution is -0.138. The number of hydrogen-bond donors (Lipinski definition) is 3. The zero-order valence-electron chi connectivity index (χ0n) is 18.2. The van der Waals surface area contributed by atoms with Crippen LogP contribution in [0.4, 0.5) is 4.79 Å². The standard InChI is InChI=1S/C25H23N3O5S/c29-23(26-10-14-9-19(14)24(30)31)21-13-34-22(28-21)11-27-25(32)33-12-20-17-7-3-1-5-15(17)16-6-2-4-8-18(16)20/h1-8,13-14,19-20H,9-12H2,(H,26,29)(H,27,32)(H,30,31). The van der Waals surface area contributed by atoms with Crippen LogP contribution in [0, 0.1) is 11.8 Å². The Morgan fingerprint density at radius 1 is 1.03 bits per heavy atom. The van der Waals surface area contributed by atoms with Crippen LogP contribution in [0.5, 0.6) is 0 Å². The highest BCUT2D eigenvalue weighted by atomic mass is 32.1. The number of benzene rings is 2. The summed E-state index contributed by atoms with van der Waals surface area (Å²) in [6.45, 7) is 0.697. The van der Waals surface area contributed by atoms with E-state index in [-0.39, 0.29) is 42.5 Å². The van der Waals surface area contributed by atoms with Crippen LogP contribution in [0.15, 0.2) is 53.9 Å². The Morgan fingerprint density at radius 2 is 1.71 bits per heavy atom. The van der Waals surface area contributed by atoms with E-state index in [2.05, 4.69) is 39.9 Å². The number of carbonyl (C=O) groups is 3. The van der Waals surface area contributed by atoms with Crippen molar-refractivity contribution in [3.05, 3.63) is 75.7 Å². The summed E-state index contributed by atoms with van der Waals surface area (Å²) in [5.74, 6) is -1.57. The summed E-state index contributed by atoms with van der Waals surface area (Å²) in [6, 6.07) is 16.3. The summed E-state index contributed by atoms with van der Waals surface area (Å²) >= 11 is 1.26. The highest BCUT2D eigenvalue weighted by Crippen LogP contribution is 2.44. The summed E-state index contributed by atoms with van der Waals surface area (Å²) in [7, 11) is 0. The minimum Gasteiger partial charge on any atom is -0.481 e. The zero-order valence-corrected chi connectivity index (χ0v) is 19.0. The lowest BCUT2D eigenvalue weighted by Gasteiger charge is -2.14. The first kappa shape index (κ1) is 22.1. The quantitative estimate of drug-likeness (QED) is 0.456. The topological polar surface area (TPSA) is 118 Å². The molecular formula is C25H23N3O5S. The SMILES string of the molecule is O=C(NCc1nc(C(=O)NCC2CC2C(=O)O)cs1)OCC1c2ccccc2-c2ccccc21. The van der Waals surface area contributed by atoms with E-state index in [1.165, 1.54) is 22.5 Å².